The summed E-state index contributed by atoms with van der Waals surface area (Å²) < 4.78 is 33.1. The second-order valence-corrected chi connectivity index (χ2v) is 8.38. The van der Waals surface area contributed by atoms with Crippen LogP contribution in [0.5, 0.6) is 5.75 Å². The Morgan fingerprint density at radius 3 is 2.17 bits per heavy atom. The van der Waals surface area contributed by atoms with Crippen LogP contribution >= 0.6 is 0 Å². The van der Waals surface area contributed by atoms with Crippen LogP contribution in [0.4, 0.5) is 0 Å². The monoisotopic (exact) mass is 411 g/mol. The van der Waals surface area contributed by atoms with Crippen molar-refractivity contribution in [3.8, 4) is 5.75 Å². The lowest BCUT2D eigenvalue weighted by Gasteiger charge is -2.23. The number of carbonyl (C=O) groups is 1. The summed E-state index contributed by atoms with van der Waals surface area (Å²) >= 11 is 0. The van der Waals surface area contributed by atoms with Gasteiger partial charge in [-0.05, 0) is 47.5 Å². The molecular formula is C22H21NO5S. The third-order valence-electron chi connectivity index (χ3n) is 4.43. The van der Waals surface area contributed by atoms with E-state index < -0.39 is 16.0 Å². The second kappa shape index (κ2) is 8.89. The van der Waals surface area contributed by atoms with E-state index in [1.165, 1.54) is 16.4 Å². The van der Waals surface area contributed by atoms with Gasteiger partial charge in [0.15, 0.2) is 0 Å². The number of benzene rings is 3. The Morgan fingerprint density at radius 1 is 0.897 bits per heavy atom. The Morgan fingerprint density at radius 2 is 1.55 bits per heavy atom. The lowest BCUT2D eigenvalue weighted by atomic mass is 10.1. The van der Waals surface area contributed by atoms with Crippen LogP contribution in [0.15, 0.2) is 83.8 Å². The topological polar surface area (TPSA) is 83.9 Å². The van der Waals surface area contributed by atoms with Crippen molar-refractivity contribution in [1.82, 2.24) is 4.31 Å². The molecule has 0 radical (unpaired) electrons. The van der Waals surface area contributed by atoms with Crippen molar-refractivity contribution in [3.05, 3.63) is 95.6 Å². The SMILES string of the molecule is COc1cccc(CN(Cc2ccc(C(=O)O)cc2)S(=O)(=O)c2ccccc2)c1. The molecule has 0 fully saturated rings. The number of carboxylic acid groups (broad SMARTS) is 1. The molecule has 0 aromatic heterocycles. The summed E-state index contributed by atoms with van der Waals surface area (Å²) in [5, 5.41) is 9.06. The molecule has 7 heteroatoms. The molecule has 29 heavy (non-hydrogen) atoms. The zero-order valence-electron chi connectivity index (χ0n) is 15.9. The van der Waals surface area contributed by atoms with Gasteiger partial charge in [0.1, 0.15) is 5.75 Å². The van der Waals surface area contributed by atoms with E-state index in [1.54, 1.807) is 61.7 Å². The van der Waals surface area contributed by atoms with Crippen molar-refractivity contribution in [2.75, 3.05) is 7.11 Å². The van der Waals surface area contributed by atoms with E-state index >= 15 is 0 Å². The lowest BCUT2D eigenvalue weighted by Crippen LogP contribution is -2.30. The highest BCUT2D eigenvalue weighted by molar-refractivity contribution is 7.89. The van der Waals surface area contributed by atoms with Gasteiger partial charge in [-0.25, -0.2) is 13.2 Å². The van der Waals surface area contributed by atoms with Gasteiger partial charge in [-0.1, -0.05) is 42.5 Å². The summed E-state index contributed by atoms with van der Waals surface area (Å²) in [7, 11) is -2.21. The van der Waals surface area contributed by atoms with E-state index in [4.69, 9.17) is 9.84 Å². The molecule has 0 heterocycles. The third kappa shape index (κ3) is 5.01. The number of hydrogen-bond donors (Lipinski definition) is 1. The molecule has 0 aliphatic carbocycles. The summed E-state index contributed by atoms with van der Waals surface area (Å²) in [5.74, 6) is -0.382. The van der Waals surface area contributed by atoms with Crippen molar-refractivity contribution in [2.45, 2.75) is 18.0 Å². The average molecular weight is 411 g/mol. The van der Waals surface area contributed by atoms with E-state index in [-0.39, 0.29) is 23.5 Å². The smallest absolute Gasteiger partial charge is 0.335 e. The number of carboxylic acids is 1. The highest BCUT2D eigenvalue weighted by atomic mass is 32.2. The first-order valence-corrected chi connectivity index (χ1v) is 10.3. The van der Waals surface area contributed by atoms with E-state index in [0.717, 1.165) is 5.56 Å². The van der Waals surface area contributed by atoms with Crippen molar-refractivity contribution in [2.24, 2.45) is 0 Å². The molecule has 0 aliphatic heterocycles. The number of ether oxygens (including phenoxy) is 1. The quantitative estimate of drug-likeness (QED) is 0.610. The fraction of sp³-hybridized carbons (Fsp3) is 0.136. The fourth-order valence-electron chi connectivity index (χ4n) is 2.90. The standard InChI is InChI=1S/C22H21NO5S/c1-28-20-7-5-6-18(14-20)16-23(29(26,27)21-8-3-2-4-9-21)15-17-10-12-19(13-11-17)22(24)25/h2-14H,15-16H2,1H3,(H,24,25). The van der Waals surface area contributed by atoms with Gasteiger partial charge in [0, 0.05) is 13.1 Å². The molecule has 150 valence electrons. The van der Waals surface area contributed by atoms with Crippen LogP contribution in [0.1, 0.15) is 21.5 Å². The van der Waals surface area contributed by atoms with Gasteiger partial charge in [-0.3, -0.25) is 0 Å². The summed E-state index contributed by atoms with van der Waals surface area (Å²) in [4.78, 5) is 11.3. The van der Waals surface area contributed by atoms with Crippen LogP contribution in [-0.4, -0.2) is 30.9 Å². The Kier molecular flexibility index (Phi) is 6.31. The van der Waals surface area contributed by atoms with Crippen molar-refractivity contribution in [1.29, 1.82) is 0 Å². The molecule has 0 unspecified atom stereocenters. The van der Waals surface area contributed by atoms with Crippen molar-refractivity contribution < 1.29 is 23.1 Å². The Hall–Kier alpha value is -3.16. The molecule has 0 spiro atoms. The molecule has 3 rings (SSSR count). The first kappa shape index (κ1) is 20.6. The van der Waals surface area contributed by atoms with E-state index in [0.29, 0.717) is 11.3 Å². The minimum atomic E-state index is -3.77. The Balaban J connectivity index is 1.95. The molecule has 0 bridgehead atoms. The molecule has 0 amide bonds. The van der Waals surface area contributed by atoms with E-state index in [1.807, 2.05) is 12.1 Å². The van der Waals surface area contributed by atoms with Gasteiger partial charge in [0.25, 0.3) is 0 Å². The van der Waals surface area contributed by atoms with Crippen LogP contribution in [0.3, 0.4) is 0 Å². The van der Waals surface area contributed by atoms with E-state index in [9.17, 15) is 13.2 Å². The van der Waals surface area contributed by atoms with Gasteiger partial charge in [0.05, 0.1) is 17.6 Å². The first-order valence-electron chi connectivity index (χ1n) is 8.90. The lowest BCUT2D eigenvalue weighted by molar-refractivity contribution is 0.0697. The largest absolute Gasteiger partial charge is 0.497 e. The maximum absolute atomic E-state index is 13.3. The second-order valence-electron chi connectivity index (χ2n) is 6.44. The van der Waals surface area contributed by atoms with Gasteiger partial charge in [-0.2, -0.15) is 4.31 Å². The highest BCUT2D eigenvalue weighted by Crippen LogP contribution is 2.23. The minimum absolute atomic E-state index is 0.105. The number of hydrogen-bond acceptors (Lipinski definition) is 4. The third-order valence-corrected chi connectivity index (χ3v) is 6.24. The number of rotatable bonds is 8. The van der Waals surface area contributed by atoms with Crippen LogP contribution in [0, 0.1) is 0 Å². The van der Waals surface area contributed by atoms with Crippen LogP contribution < -0.4 is 4.74 Å². The summed E-state index contributed by atoms with van der Waals surface area (Å²) in [6, 6.07) is 21.7. The molecule has 0 saturated carbocycles. The van der Waals surface area contributed by atoms with E-state index in [2.05, 4.69) is 0 Å². The first-order chi connectivity index (χ1) is 13.9. The van der Waals surface area contributed by atoms with Gasteiger partial charge < -0.3 is 9.84 Å². The zero-order chi connectivity index (χ0) is 20.9. The molecule has 0 atom stereocenters. The number of sulfonamides is 1. The number of aromatic carboxylic acids is 1. The molecule has 0 aliphatic rings. The summed E-state index contributed by atoms with van der Waals surface area (Å²) in [6.45, 7) is 0.253. The molecular weight excluding hydrogens is 390 g/mol. The molecule has 1 N–H and O–H groups in total. The number of nitrogens with zero attached hydrogens (tertiary/aromatic N) is 1. The van der Waals surface area contributed by atoms with Gasteiger partial charge in [0.2, 0.25) is 10.0 Å². The predicted octanol–water partition coefficient (Wildman–Crippen LogP) is 3.78. The molecule has 0 saturated heterocycles. The molecule has 3 aromatic carbocycles. The maximum Gasteiger partial charge on any atom is 0.335 e. The molecule has 3 aromatic rings. The van der Waals surface area contributed by atoms with Crippen LogP contribution in [-0.2, 0) is 23.1 Å². The molecule has 6 nitrogen and oxygen atoms in total. The normalized spacial score (nSPS) is 11.4. The summed E-state index contributed by atoms with van der Waals surface area (Å²) in [6.07, 6.45) is 0. The highest BCUT2D eigenvalue weighted by Gasteiger charge is 2.25. The van der Waals surface area contributed by atoms with Crippen LogP contribution in [0.25, 0.3) is 0 Å². The predicted molar refractivity (Wildman–Crippen MR) is 109 cm³/mol. The Bertz CT molecular complexity index is 1080. The van der Waals surface area contributed by atoms with Gasteiger partial charge in [-0.15, -0.1) is 0 Å². The fourth-order valence-corrected chi connectivity index (χ4v) is 4.34. The zero-order valence-corrected chi connectivity index (χ0v) is 16.7. The minimum Gasteiger partial charge on any atom is -0.497 e. The summed E-state index contributed by atoms with van der Waals surface area (Å²) in [5.41, 5.74) is 1.63. The van der Waals surface area contributed by atoms with Crippen molar-refractivity contribution in [3.63, 3.8) is 0 Å². The maximum atomic E-state index is 13.3. The van der Waals surface area contributed by atoms with Crippen LogP contribution in [0.2, 0.25) is 0 Å². The van der Waals surface area contributed by atoms with Gasteiger partial charge >= 0.3 is 5.97 Å². The van der Waals surface area contributed by atoms with Crippen molar-refractivity contribution >= 4 is 16.0 Å². The Labute approximate surface area is 170 Å². The number of methoxy groups -OCH3 is 1. The average Bonchev–Trinajstić information content (AvgIpc) is 2.74.